The minimum absolute atomic E-state index is 0.0327. The molecular formula is C26H33FN6O4. The maximum absolute atomic E-state index is 14.8. The topological polar surface area (TPSA) is 147 Å². The second-order valence-electron chi connectivity index (χ2n) is 8.91. The van der Waals surface area contributed by atoms with Gasteiger partial charge in [-0.15, -0.1) is 0 Å². The number of halogens is 1. The second kappa shape index (κ2) is 12.6. The van der Waals surface area contributed by atoms with Gasteiger partial charge in [0.05, 0.1) is 30.9 Å². The summed E-state index contributed by atoms with van der Waals surface area (Å²) >= 11 is 0. The van der Waals surface area contributed by atoms with Gasteiger partial charge in [0.1, 0.15) is 12.4 Å². The molecule has 37 heavy (non-hydrogen) atoms. The third-order valence-corrected chi connectivity index (χ3v) is 6.22. The van der Waals surface area contributed by atoms with Crippen molar-refractivity contribution in [3.8, 4) is 5.88 Å². The molecule has 4 rings (SSSR count). The van der Waals surface area contributed by atoms with E-state index in [1.807, 2.05) is 18.2 Å². The van der Waals surface area contributed by atoms with E-state index >= 15 is 0 Å². The molecule has 2 heterocycles. The number of fused-ring (bicyclic) bond motifs is 1. The third kappa shape index (κ3) is 7.03. The summed E-state index contributed by atoms with van der Waals surface area (Å²) in [4.78, 5) is 20.9. The number of nitrogens with one attached hydrogen (secondary N) is 2. The zero-order valence-electron chi connectivity index (χ0n) is 20.8. The fourth-order valence-corrected chi connectivity index (χ4v) is 4.24. The fraction of sp³-hybridized carbons (Fsp3) is 0.423. The van der Waals surface area contributed by atoms with Crippen molar-refractivity contribution < 1.29 is 23.4 Å². The molecule has 1 saturated carbocycles. The summed E-state index contributed by atoms with van der Waals surface area (Å²) in [7, 11) is 1.62. The summed E-state index contributed by atoms with van der Waals surface area (Å²) in [5, 5.41) is 7.05. The van der Waals surface area contributed by atoms with E-state index in [1.165, 1.54) is 0 Å². The van der Waals surface area contributed by atoms with Gasteiger partial charge < -0.3 is 36.3 Å². The molecule has 2 atom stereocenters. The normalized spacial score (nSPS) is 17.5. The van der Waals surface area contributed by atoms with Crippen LogP contribution in [0.3, 0.4) is 0 Å². The number of methoxy groups -OCH3 is 1. The fourth-order valence-electron chi connectivity index (χ4n) is 4.24. The monoisotopic (exact) mass is 512 g/mol. The van der Waals surface area contributed by atoms with Gasteiger partial charge in [0.25, 0.3) is 5.91 Å². The molecule has 2 aromatic heterocycles. The molecule has 11 heteroatoms. The van der Waals surface area contributed by atoms with E-state index in [2.05, 4.69) is 20.6 Å². The van der Waals surface area contributed by atoms with Crippen molar-refractivity contribution in [3.63, 3.8) is 0 Å². The van der Waals surface area contributed by atoms with E-state index in [9.17, 15) is 9.18 Å². The first-order chi connectivity index (χ1) is 17.9. The predicted molar refractivity (Wildman–Crippen MR) is 140 cm³/mol. The Bertz CT molecular complexity index is 1230. The lowest BCUT2D eigenvalue weighted by molar-refractivity contribution is 0.0537. The highest BCUT2D eigenvalue weighted by atomic mass is 19.1. The van der Waals surface area contributed by atoms with Crippen LogP contribution in [0.4, 0.5) is 21.7 Å². The molecular weight excluding hydrogens is 479 g/mol. The molecule has 1 aliphatic rings. The number of carbonyl (C=O) groups excluding carboxylic acids is 1. The van der Waals surface area contributed by atoms with E-state index in [0.717, 1.165) is 42.7 Å². The number of carbonyl (C=O) groups is 1. The van der Waals surface area contributed by atoms with Gasteiger partial charge in [-0.2, -0.15) is 0 Å². The van der Waals surface area contributed by atoms with E-state index in [0.29, 0.717) is 38.0 Å². The number of pyridine rings is 2. The first kappa shape index (κ1) is 26.5. The zero-order chi connectivity index (χ0) is 26.2. The molecule has 1 aromatic carbocycles. The summed E-state index contributed by atoms with van der Waals surface area (Å²) in [5.74, 6) is -0.773. The van der Waals surface area contributed by atoms with Crippen LogP contribution < -0.4 is 26.8 Å². The van der Waals surface area contributed by atoms with Crippen molar-refractivity contribution in [1.82, 2.24) is 9.97 Å². The maximum atomic E-state index is 14.8. The first-order valence-electron chi connectivity index (χ1n) is 12.3. The molecule has 0 saturated heterocycles. The summed E-state index contributed by atoms with van der Waals surface area (Å²) in [5.41, 5.74) is 13.0. The van der Waals surface area contributed by atoms with Crippen LogP contribution in [-0.2, 0) is 9.47 Å². The van der Waals surface area contributed by atoms with Gasteiger partial charge in [-0.3, -0.25) is 4.79 Å². The Morgan fingerprint density at radius 1 is 1.05 bits per heavy atom. The molecule has 0 radical (unpaired) electrons. The van der Waals surface area contributed by atoms with Crippen molar-refractivity contribution >= 4 is 34.1 Å². The van der Waals surface area contributed by atoms with E-state index in [1.54, 1.807) is 19.2 Å². The van der Waals surface area contributed by atoms with E-state index < -0.39 is 11.7 Å². The van der Waals surface area contributed by atoms with Gasteiger partial charge >= 0.3 is 0 Å². The highest BCUT2D eigenvalue weighted by Gasteiger charge is 2.24. The van der Waals surface area contributed by atoms with Crippen molar-refractivity contribution in [1.29, 1.82) is 0 Å². The summed E-state index contributed by atoms with van der Waals surface area (Å²) in [6.07, 6.45) is 3.75. The maximum Gasteiger partial charge on any atom is 0.252 e. The molecule has 2 unspecified atom stereocenters. The number of nitrogens with two attached hydrogens (primary N) is 2. The number of hydrogen-bond donors (Lipinski definition) is 4. The Hall–Kier alpha value is -3.54. The second-order valence-corrected chi connectivity index (χ2v) is 8.91. The Morgan fingerprint density at radius 2 is 1.86 bits per heavy atom. The minimum atomic E-state index is -0.787. The molecule has 10 nitrogen and oxygen atoms in total. The molecule has 1 aliphatic carbocycles. The largest absolute Gasteiger partial charge is 0.475 e. The van der Waals surface area contributed by atoms with Gasteiger partial charge in [0, 0.05) is 36.3 Å². The van der Waals surface area contributed by atoms with Crippen LogP contribution in [0, 0.1) is 5.82 Å². The molecule has 0 aliphatic heterocycles. The Morgan fingerprint density at radius 3 is 2.65 bits per heavy atom. The Labute approximate surface area is 214 Å². The predicted octanol–water partition coefficient (Wildman–Crippen LogP) is 3.33. The van der Waals surface area contributed by atoms with Gasteiger partial charge in [0.2, 0.25) is 5.88 Å². The molecule has 0 spiro atoms. The highest BCUT2D eigenvalue weighted by molar-refractivity contribution is 5.99. The van der Waals surface area contributed by atoms with E-state index in [4.69, 9.17) is 25.7 Å². The number of rotatable bonds is 12. The Balaban J connectivity index is 1.48. The highest BCUT2D eigenvalue weighted by Crippen LogP contribution is 2.28. The third-order valence-electron chi connectivity index (χ3n) is 6.22. The van der Waals surface area contributed by atoms with Crippen LogP contribution in [0.25, 0.3) is 10.9 Å². The van der Waals surface area contributed by atoms with Crippen LogP contribution in [0.15, 0.2) is 36.4 Å². The lowest BCUT2D eigenvalue weighted by Crippen LogP contribution is -2.43. The number of amides is 1. The number of aromatic nitrogens is 2. The number of benzene rings is 1. The summed E-state index contributed by atoms with van der Waals surface area (Å²) in [6, 6.07) is 10.00. The van der Waals surface area contributed by atoms with Crippen LogP contribution in [-0.4, -0.2) is 61.5 Å². The average Bonchev–Trinajstić information content (AvgIpc) is 2.89. The molecule has 3 aromatic rings. The van der Waals surface area contributed by atoms with Crippen LogP contribution in [0.2, 0.25) is 0 Å². The smallest absolute Gasteiger partial charge is 0.252 e. The van der Waals surface area contributed by atoms with Crippen molar-refractivity contribution in [3.05, 3.63) is 47.8 Å². The van der Waals surface area contributed by atoms with Crippen molar-refractivity contribution in [2.75, 3.05) is 44.2 Å². The van der Waals surface area contributed by atoms with Gasteiger partial charge in [-0.05, 0) is 43.2 Å². The number of nitrogens with zero attached hydrogens (tertiary/aromatic N) is 2. The molecule has 0 bridgehead atoms. The SMILES string of the molecule is COCCOCCOc1ccc2cc(Nc3nc(NC4CCCCC4N)c(F)cc3C(N)=O)ccc2n1. The minimum Gasteiger partial charge on any atom is -0.475 e. The zero-order valence-corrected chi connectivity index (χ0v) is 20.8. The number of primary amides is 1. The van der Waals surface area contributed by atoms with Crippen LogP contribution in [0.1, 0.15) is 36.0 Å². The average molecular weight is 513 g/mol. The Kier molecular flexibility index (Phi) is 9.04. The molecule has 1 amide bonds. The van der Waals surface area contributed by atoms with Crippen molar-refractivity contribution in [2.45, 2.75) is 37.8 Å². The summed E-state index contributed by atoms with van der Waals surface area (Å²) < 4.78 is 30.8. The molecule has 198 valence electrons. The van der Waals surface area contributed by atoms with Gasteiger partial charge in [-0.1, -0.05) is 12.8 Å². The number of ether oxygens (including phenoxy) is 3. The number of hydrogen-bond acceptors (Lipinski definition) is 9. The van der Waals surface area contributed by atoms with Crippen LogP contribution in [0.5, 0.6) is 5.88 Å². The van der Waals surface area contributed by atoms with Crippen molar-refractivity contribution in [2.24, 2.45) is 11.5 Å². The lowest BCUT2D eigenvalue weighted by Gasteiger charge is -2.30. The van der Waals surface area contributed by atoms with Gasteiger partial charge in [0.15, 0.2) is 11.6 Å². The van der Waals surface area contributed by atoms with Crippen LogP contribution >= 0.6 is 0 Å². The number of anilines is 3. The summed E-state index contributed by atoms with van der Waals surface area (Å²) in [6.45, 7) is 1.84. The standard InChI is InChI=1S/C26H33FN6O4/c1-35-10-11-36-12-13-37-23-9-6-16-14-17(7-8-21(16)31-23)30-25-18(24(29)34)15-19(27)26(33-25)32-22-5-3-2-4-20(22)28/h6-9,14-15,20,22H,2-5,10-13,28H2,1H3,(H2,29,34)(H2,30,32,33). The first-order valence-corrected chi connectivity index (χ1v) is 12.3. The lowest BCUT2D eigenvalue weighted by atomic mass is 9.91. The molecule has 1 fully saturated rings. The van der Waals surface area contributed by atoms with Gasteiger partial charge in [-0.25, -0.2) is 14.4 Å². The quantitative estimate of drug-likeness (QED) is 0.268. The van der Waals surface area contributed by atoms with E-state index in [-0.39, 0.29) is 29.3 Å². The molecule has 6 N–H and O–H groups in total.